The first-order valence-corrected chi connectivity index (χ1v) is 21.4. The molecule has 0 radical (unpaired) electrons. The number of hydrogen-bond donors (Lipinski definition) is 0. The predicted octanol–water partition coefficient (Wildman–Crippen LogP) is 10.6. The second kappa shape index (κ2) is 16.9. The third-order valence-corrected chi connectivity index (χ3v) is 15.0. The number of aromatic nitrogens is 2. The Morgan fingerprint density at radius 2 is 1.59 bits per heavy atom. The van der Waals surface area contributed by atoms with Gasteiger partial charge in [-0.3, -0.25) is 4.79 Å². The number of nitrogens with zero attached hydrogens (tertiary/aromatic N) is 3. The van der Waals surface area contributed by atoms with E-state index in [-0.39, 0.29) is 28.7 Å². The highest BCUT2D eigenvalue weighted by atomic mass is 28.4. The van der Waals surface area contributed by atoms with Gasteiger partial charge in [0.15, 0.2) is 8.32 Å². The normalized spacial score (nSPS) is 16.7. The number of hydrogen-bond acceptors (Lipinski definition) is 5. The number of carbonyl (C=O) groups excluding carboxylic acids is 1. The van der Waals surface area contributed by atoms with E-state index in [2.05, 4.69) is 38.8 Å². The minimum absolute atomic E-state index is 0.0514. The van der Waals surface area contributed by atoms with Gasteiger partial charge in [0.25, 0.3) is 0 Å². The molecule has 1 fully saturated rings. The van der Waals surface area contributed by atoms with E-state index < -0.39 is 20.3 Å². The number of halogens is 2. The van der Waals surface area contributed by atoms with Gasteiger partial charge in [0, 0.05) is 36.3 Å². The molecule has 0 saturated carbocycles. The summed E-state index contributed by atoms with van der Waals surface area (Å²) in [6.45, 7) is 12.3. The highest BCUT2D eigenvalue weighted by Gasteiger charge is 2.50. The van der Waals surface area contributed by atoms with Crippen LogP contribution >= 0.6 is 0 Å². The zero-order valence-electron chi connectivity index (χ0n) is 31.6. The molecule has 4 aromatic carbocycles. The van der Waals surface area contributed by atoms with E-state index in [1.165, 1.54) is 24.3 Å². The van der Waals surface area contributed by atoms with E-state index in [0.29, 0.717) is 49.8 Å². The van der Waals surface area contributed by atoms with Crippen molar-refractivity contribution in [2.75, 3.05) is 11.5 Å². The third-order valence-electron chi connectivity index (χ3n) is 10.5. The van der Waals surface area contributed by atoms with Crippen LogP contribution < -0.4 is 14.4 Å². The number of allylic oxidation sites excluding steroid dienone is 1. The molecule has 7 nitrogen and oxygen atoms in total. The van der Waals surface area contributed by atoms with Crippen LogP contribution in [0, 0.1) is 17.6 Å². The Morgan fingerprint density at radius 1 is 0.889 bits per heavy atom. The lowest BCUT2D eigenvalue weighted by Gasteiger charge is -2.48. The number of ether oxygens (including phenoxy) is 2. The average molecular weight is 750 g/mol. The van der Waals surface area contributed by atoms with Gasteiger partial charge in [-0.1, -0.05) is 69.3 Å². The van der Waals surface area contributed by atoms with Crippen LogP contribution in [0.5, 0.6) is 11.5 Å². The summed E-state index contributed by atoms with van der Waals surface area (Å²) < 4.78 is 49.7. The SMILES string of the molecule is CC(C)(C)[Si](C)(C)OC(CCC1C(=O)N(c2ccc(F)cc2)C1c1ccc(OC/C=C/Cn2ccnc2)cc1OCc1ccccc1)c1ccc(F)cc1. The Morgan fingerprint density at radius 3 is 2.26 bits per heavy atom. The highest BCUT2D eigenvalue weighted by Crippen LogP contribution is 2.50. The van der Waals surface area contributed by atoms with Crippen LogP contribution in [0.25, 0.3) is 0 Å². The van der Waals surface area contributed by atoms with Crippen LogP contribution in [0.4, 0.5) is 14.5 Å². The molecule has 54 heavy (non-hydrogen) atoms. The number of imidazole rings is 1. The largest absolute Gasteiger partial charge is 0.489 e. The van der Waals surface area contributed by atoms with Crippen LogP contribution in [0.15, 0.2) is 128 Å². The van der Waals surface area contributed by atoms with Crippen LogP contribution in [0.2, 0.25) is 18.1 Å². The lowest BCUT2D eigenvalue weighted by atomic mass is 9.78. The van der Waals surface area contributed by atoms with Crippen molar-refractivity contribution in [1.82, 2.24) is 9.55 Å². The van der Waals surface area contributed by atoms with E-state index in [4.69, 9.17) is 13.9 Å². The van der Waals surface area contributed by atoms with Crippen molar-refractivity contribution >= 4 is 19.9 Å². The summed E-state index contributed by atoms with van der Waals surface area (Å²) in [4.78, 5) is 20.0. The zero-order chi connectivity index (χ0) is 38.3. The Balaban J connectivity index is 1.30. The van der Waals surface area contributed by atoms with Gasteiger partial charge in [-0.15, -0.1) is 0 Å². The van der Waals surface area contributed by atoms with Crippen LogP contribution in [-0.2, 0) is 22.4 Å². The molecule has 0 aliphatic carbocycles. The van der Waals surface area contributed by atoms with E-state index in [1.54, 1.807) is 41.7 Å². The standard InChI is InChI=1S/C44H49F2N3O4Si/c1-44(2,3)54(4,5)53-40(33-13-15-34(45)16-14-33)24-23-39-42(49(43(39)50)36-19-17-35(46)18-20-36)38-22-21-37(51-28-10-9-26-48-27-25-47-31-48)29-41(38)52-30-32-11-7-6-8-12-32/h6-22,25,27,29,31,39-40,42H,23-24,26,28,30H2,1-5H3/b10-9+. The molecule has 1 aromatic heterocycles. The van der Waals surface area contributed by atoms with Crippen LogP contribution in [-0.4, -0.2) is 30.4 Å². The first kappa shape index (κ1) is 38.7. The van der Waals surface area contributed by atoms with Crippen molar-refractivity contribution in [3.05, 3.63) is 156 Å². The van der Waals surface area contributed by atoms with Gasteiger partial charge in [-0.05, 0) is 96.7 Å². The second-order valence-corrected chi connectivity index (χ2v) is 20.0. The minimum Gasteiger partial charge on any atom is -0.489 e. The van der Waals surface area contributed by atoms with Crippen molar-refractivity contribution in [2.24, 2.45) is 5.92 Å². The molecule has 0 bridgehead atoms. The van der Waals surface area contributed by atoms with Crippen molar-refractivity contribution in [2.45, 2.75) is 77.0 Å². The Labute approximate surface area is 318 Å². The van der Waals surface area contributed by atoms with Crippen molar-refractivity contribution in [3.8, 4) is 11.5 Å². The topological polar surface area (TPSA) is 65.8 Å². The predicted molar refractivity (Wildman–Crippen MR) is 211 cm³/mol. The van der Waals surface area contributed by atoms with Crippen LogP contribution in [0.3, 0.4) is 0 Å². The molecular weight excluding hydrogens is 701 g/mol. The molecule has 5 aromatic rings. The fraction of sp³-hybridized carbons (Fsp3) is 0.318. The Hall–Kier alpha value is -5.06. The first-order chi connectivity index (χ1) is 25.9. The number of carbonyl (C=O) groups is 1. The maximum atomic E-state index is 14.2. The monoisotopic (exact) mass is 749 g/mol. The van der Waals surface area contributed by atoms with E-state index in [9.17, 15) is 13.6 Å². The molecule has 1 saturated heterocycles. The summed E-state index contributed by atoms with van der Waals surface area (Å²) in [6.07, 6.45) is 10.1. The average Bonchev–Trinajstić information content (AvgIpc) is 3.67. The lowest BCUT2D eigenvalue weighted by Crippen LogP contribution is -2.55. The Bertz CT molecular complexity index is 2000. The quantitative estimate of drug-likeness (QED) is 0.0571. The molecule has 282 valence electrons. The fourth-order valence-corrected chi connectivity index (χ4v) is 7.74. The molecule has 6 rings (SSSR count). The smallest absolute Gasteiger partial charge is 0.233 e. The molecule has 1 aliphatic heterocycles. The van der Waals surface area contributed by atoms with Gasteiger partial charge in [0.1, 0.15) is 36.3 Å². The van der Waals surface area contributed by atoms with Gasteiger partial charge in [-0.25, -0.2) is 13.8 Å². The van der Waals surface area contributed by atoms with Gasteiger partial charge in [0.05, 0.1) is 24.4 Å². The summed E-state index contributed by atoms with van der Waals surface area (Å²) in [5, 5.41) is -0.0514. The summed E-state index contributed by atoms with van der Waals surface area (Å²) in [5.74, 6) is 0.0593. The molecular formula is C44H49F2N3O4Si. The maximum absolute atomic E-state index is 14.2. The minimum atomic E-state index is -2.25. The van der Waals surface area contributed by atoms with E-state index >= 15 is 0 Å². The first-order valence-electron chi connectivity index (χ1n) is 18.5. The molecule has 1 aliphatic rings. The molecule has 0 N–H and O–H groups in total. The third kappa shape index (κ3) is 9.35. The zero-order valence-corrected chi connectivity index (χ0v) is 32.6. The molecule has 2 heterocycles. The van der Waals surface area contributed by atoms with Gasteiger partial charge in [0.2, 0.25) is 5.91 Å². The van der Waals surface area contributed by atoms with Crippen molar-refractivity contribution in [1.29, 1.82) is 0 Å². The summed E-state index contributed by atoms with van der Waals surface area (Å²) in [6, 6.07) is 27.7. The van der Waals surface area contributed by atoms with Crippen molar-refractivity contribution in [3.63, 3.8) is 0 Å². The maximum Gasteiger partial charge on any atom is 0.233 e. The van der Waals surface area contributed by atoms with E-state index in [0.717, 1.165) is 16.7 Å². The molecule has 3 unspecified atom stereocenters. The number of rotatable bonds is 16. The lowest BCUT2D eigenvalue weighted by molar-refractivity contribution is -0.131. The molecule has 1 amide bonds. The number of β-lactam (4-membered cyclic amide) rings is 1. The number of anilines is 1. The van der Waals surface area contributed by atoms with Crippen LogP contribution in [0.1, 0.15) is 62.4 Å². The van der Waals surface area contributed by atoms with Gasteiger partial charge in [-0.2, -0.15) is 0 Å². The second-order valence-electron chi connectivity index (χ2n) is 15.2. The highest BCUT2D eigenvalue weighted by molar-refractivity contribution is 6.74. The summed E-state index contributed by atoms with van der Waals surface area (Å²) >= 11 is 0. The van der Waals surface area contributed by atoms with Gasteiger partial charge < -0.3 is 23.4 Å². The number of benzene rings is 4. The van der Waals surface area contributed by atoms with Crippen molar-refractivity contribution < 1.29 is 27.5 Å². The molecule has 10 heteroatoms. The Kier molecular flexibility index (Phi) is 12.1. The molecule has 0 spiro atoms. The fourth-order valence-electron chi connectivity index (χ4n) is 6.42. The van der Waals surface area contributed by atoms with Gasteiger partial charge >= 0.3 is 0 Å². The van der Waals surface area contributed by atoms with E-state index in [1.807, 2.05) is 71.4 Å². The number of amides is 1. The molecule has 3 atom stereocenters. The summed E-state index contributed by atoms with van der Waals surface area (Å²) in [7, 11) is -2.25. The summed E-state index contributed by atoms with van der Waals surface area (Å²) in [5.41, 5.74) is 3.31.